The molecule has 0 radical (unpaired) electrons. The van der Waals surface area contributed by atoms with Crippen molar-refractivity contribution in [2.45, 2.75) is 79.1 Å². The number of amides is 1. The minimum Gasteiger partial charge on any atom is -0.444 e. The molecular formula is C14H32N2O2S. The van der Waals surface area contributed by atoms with Gasteiger partial charge in [-0.2, -0.15) is 13.5 Å². The maximum Gasteiger partial charge on any atom is 0.407 e. The van der Waals surface area contributed by atoms with Gasteiger partial charge in [-0.25, -0.2) is 4.79 Å². The van der Waals surface area contributed by atoms with Crippen LogP contribution in [0.2, 0.25) is 0 Å². The van der Waals surface area contributed by atoms with Crippen LogP contribution in [0.3, 0.4) is 0 Å². The van der Waals surface area contributed by atoms with Crippen molar-refractivity contribution in [2.24, 2.45) is 0 Å². The lowest BCUT2D eigenvalue weighted by Gasteiger charge is -2.33. The van der Waals surface area contributed by atoms with Crippen molar-refractivity contribution in [3.05, 3.63) is 0 Å². The van der Waals surface area contributed by atoms with Crippen molar-refractivity contribution >= 4 is 19.6 Å². The third-order valence-corrected chi connectivity index (χ3v) is 2.57. The van der Waals surface area contributed by atoms with Crippen LogP contribution < -0.4 is 5.32 Å². The average molecular weight is 292 g/mol. The van der Waals surface area contributed by atoms with E-state index in [9.17, 15) is 4.79 Å². The summed E-state index contributed by atoms with van der Waals surface area (Å²) in [7, 11) is 0. The third-order valence-electron chi connectivity index (χ3n) is 2.57. The summed E-state index contributed by atoms with van der Waals surface area (Å²) in [5.41, 5.74) is -0.445. The predicted molar refractivity (Wildman–Crippen MR) is 86.2 cm³/mol. The number of ether oxygens (including phenoxy) is 1. The first-order valence-electron chi connectivity index (χ1n) is 6.78. The van der Waals surface area contributed by atoms with Crippen LogP contribution in [0.5, 0.6) is 0 Å². The number of nitrogens with zero attached hydrogens (tertiary/aromatic N) is 1. The number of nitrogens with one attached hydrogen (secondary N) is 1. The van der Waals surface area contributed by atoms with E-state index in [4.69, 9.17) is 4.74 Å². The molecule has 0 aromatic carbocycles. The van der Waals surface area contributed by atoms with E-state index < -0.39 is 5.60 Å². The maximum absolute atomic E-state index is 11.6. The largest absolute Gasteiger partial charge is 0.444 e. The lowest BCUT2D eigenvalue weighted by atomic mass is 10.2. The Bertz CT molecular complexity index is 255. The molecule has 0 spiro atoms. The lowest BCUT2D eigenvalue weighted by Crippen LogP contribution is -2.48. The molecule has 0 aliphatic heterocycles. The molecule has 0 bridgehead atoms. The van der Waals surface area contributed by atoms with Gasteiger partial charge in [-0.1, -0.05) is 0 Å². The molecule has 116 valence electrons. The van der Waals surface area contributed by atoms with Crippen LogP contribution in [-0.4, -0.2) is 41.3 Å². The first-order valence-corrected chi connectivity index (χ1v) is 6.78. The molecule has 0 saturated heterocycles. The van der Waals surface area contributed by atoms with Crippen molar-refractivity contribution in [3.8, 4) is 0 Å². The molecule has 0 rings (SSSR count). The Labute approximate surface area is 125 Å². The number of carbonyl (C=O) groups excluding carboxylic acids is 1. The molecule has 19 heavy (non-hydrogen) atoms. The Morgan fingerprint density at radius 2 is 1.53 bits per heavy atom. The lowest BCUT2D eigenvalue weighted by molar-refractivity contribution is 0.0485. The Kier molecular flexibility index (Phi) is 9.56. The Morgan fingerprint density at radius 3 is 1.84 bits per heavy atom. The Morgan fingerprint density at radius 1 is 1.11 bits per heavy atom. The van der Waals surface area contributed by atoms with Crippen LogP contribution in [0.1, 0.15) is 55.4 Å². The summed E-state index contributed by atoms with van der Waals surface area (Å²) in [6, 6.07) is 1.01. The highest BCUT2D eigenvalue weighted by Crippen LogP contribution is 2.08. The summed E-state index contributed by atoms with van der Waals surface area (Å²) in [4.78, 5) is 14.0. The second-order valence-electron chi connectivity index (χ2n) is 6.43. The highest BCUT2D eigenvalue weighted by molar-refractivity contribution is 7.59. The topological polar surface area (TPSA) is 41.6 Å². The molecule has 0 aliphatic carbocycles. The van der Waals surface area contributed by atoms with Crippen molar-refractivity contribution in [2.75, 3.05) is 6.54 Å². The second kappa shape index (κ2) is 8.69. The van der Waals surface area contributed by atoms with E-state index in [0.717, 1.165) is 6.54 Å². The van der Waals surface area contributed by atoms with E-state index in [1.807, 2.05) is 27.7 Å². The first kappa shape index (κ1) is 20.9. The fourth-order valence-corrected chi connectivity index (χ4v) is 1.89. The van der Waals surface area contributed by atoms with E-state index in [1.165, 1.54) is 0 Å². The van der Waals surface area contributed by atoms with E-state index in [2.05, 4.69) is 37.9 Å². The standard InChI is InChI=1S/C14H30N2O2.H2S/c1-10(2)16(11(3)4)9-12(5)15-13(17)18-14(6,7)8;/h10-12H,9H2,1-8H3,(H,15,17);1H2/t12-;/m0./s1. The number of hydrogen-bond donors (Lipinski definition) is 1. The van der Waals surface area contributed by atoms with E-state index in [-0.39, 0.29) is 25.6 Å². The van der Waals surface area contributed by atoms with Gasteiger partial charge in [0.1, 0.15) is 5.60 Å². The molecule has 0 unspecified atom stereocenters. The average Bonchev–Trinajstić information content (AvgIpc) is 2.09. The van der Waals surface area contributed by atoms with Crippen molar-refractivity contribution < 1.29 is 9.53 Å². The van der Waals surface area contributed by atoms with Crippen LogP contribution >= 0.6 is 13.5 Å². The SMILES string of the molecule is CC(C)N(C[C@H](C)NC(=O)OC(C)(C)C)C(C)C.S. The molecule has 1 amide bonds. The molecule has 0 aliphatic rings. The van der Waals surface area contributed by atoms with Gasteiger partial charge in [-0.15, -0.1) is 0 Å². The third kappa shape index (κ3) is 10.1. The van der Waals surface area contributed by atoms with Crippen LogP contribution in [0, 0.1) is 0 Å². The van der Waals surface area contributed by atoms with E-state index >= 15 is 0 Å². The van der Waals surface area contributed by atoms with Gasteiger partial charge >= 0.3 is 6.09 Å². The van der Waals surface area contributed by atoms with Crippen LogP contribution in [0.25, 0.3) is 0 Å². The van der Waals surface area contributed by atoms with Gasteiger partial charge in [-0.05, 0) is 55.4 Å². The molecule has 1 N–H and O–H groups in total. The molecule has 1 atom stereocenters. The quantitative estimate of drug-likeness (QED) is 0.846. The van der Waals surface area contributed by atoms with Crippen LogP contribution in [0.15, 0.2) is 0 Å². The summed E-state index contributed by atoms with van der Waals surface area (Å²) in [6.45, 7) is 17.1. The summed E-state index contributed by atoms with van der Waals surface area (Å²) in [5, 5.41) is 2.87. The molecule has 5 heteroatoms. The van der Waals surface area contributed by atoms with Crippen molar-refractivity contribution in [3.63, 3.8) is 0 Å². The van der Waals surface area contributed by atoms with Gasteiger partial charge < -0.3 is 10.1 Å². The Hall–Kier alpha value is -0.420. The fraction of sp³-hybridized carbons (Fsp3) is 0.929. The number of rotatable bonds is 5. The molecule has 4 nitrogen and oxygen atoms in total. The molecule has 0 aromatic rings. The zero-order chi connectivity index (χ0) is 14.5. The molecule has 0 fully saturated rings. The summed E-state index contributed by atoms with van der Waals surface area (Å²) < 4.78 is 5.24. The van der Waals surface area contributed by atoms with Crippen molar-refractivity contribution in [1.29, 1.82) is 0 Å². The summed E-state index contributed by atoms with van der Waals surface area (Å²) in [6.07, 6.45) is -0.345. The van der Waals surface area contributed by atoms with E-state index in [1.54, 1.807) is 0 Å². The summed E-state index contributed by atoms with van der Waals surface area (Å²) in [5.74, 6) is 0. The van der Waals surface area contributed by atoms with Gasteiger partial charge in [0.05, 0.1) is 0 Å². The number of carbonyl (C=O) groups is 1. The van der Waals surface area contributed by atoms with Gasteiger partial charge in [-0.3, -0.25) is 4.90 Å². The summed E-state index contributed by atoms with van der Waals surface area (Å²) >= 11 is 0. The van der Waals surface area contributed by atoms with Gasteiger partial charge in [0.25, 0.3) is 0 Å². The van der Waals surface area contributed by atoms with Gasteiger partial charge in [0, 0.05) is 24.7 Å². The van der Waals surface area contributed by atoms with E-state index in [0.29, 0.717) is 12.1 Å². The molecular weight excluding hydrogens is 260 g/mol. The molecule has 0 heterocycles. The van der Waals surface area contributed by atoms with Crippen molar-refractivity contribution in [1.82, 2.24) is 10.2 Å². The molecule has 0 saturated carbocycles. The zero-order valence-electron chi connectivity index (χ0n) is 13.7. The monoisotopic (exact) mass is 292 g/mol. The second-order valence-corrected chi connectivity index (χ2v) is 6.43. The predicted octanol–water partition coefficient (Wildman–Crippen LogP) is 3.13. The van der Waals surface area contributed by atoms with Gasteiger partial charge in [0.15, 0.2) is 0 Å². The minimum atomic E-state index is -0.445. The molecule has 0 aromatic heterocycles. The highest BCUT2D eigenvalue weighted by Gasteiger charge is 2.20. The number of alkyl carbamates (subject to hydrolysis) is 1. The highest BCUT2D eigenvalue weighted by atomic mass is 32.1. The maximum atomic E-state index is 11.6. The smallest absolute Gasteiger partial charge is 0.407 e. The van der Waals surface area contributed by atoms with Crippen LogP contribution in [-0.2, 0) is 4.74 Å². The minimum absolute atomic E-state index is 0. The number of hydrogen-bond acceptors (Lipinski definition) is 3. The fourth-order valence-electron chi connectivity index (χ4n) is 1.89. The zero-order valence-corrected chi connectivity index (χ0v) is 14.7. The normalized spacial score (nSPS) is 13.4. The van der Waals surface area contributed by atoms with Gasteiger partial charge in [0.2, 0.25) is 0 Å². The first-order chi connectivity index (χ1) is 8.03. The Balaban J connectivity index is 0. The van der Waals surface area contributed by atoms with Crippen LogP contribution in [0.4, 0.5) is 4.79 Å².